The third-order valence-electron chi connectivity index (χ3n) is 3.65. The number of thioether (sulfide) groups is 1. The Morgan fingerprint density at radius 1 is 1.30 bits per heavy atom. The van der Waals surface area contributed by atoms with E-state index in [0.29, 0.717) is 22.7 Å². The fourth-order valence-electron chi connectivity index (χ4n) is 2.18. The van der Waals surface area contributed by atoms with Crippen molar-refractivity contribution in [2.75, 3.05) is 18.1 Å². The second-order valence-corrected chi connectivity index (χ2v) is 9.57. The standard InChI is InChI=1S/C13H20N2O2S3/c16-20(17,15-7-10-3-4-18-8-10)13-5-11(9-19-13)6-14-12-1-2-12/h5,9-10,12,14-15H,1-4,6-8H2. The molecule has 1 saturated carbocycles. The second-order valence-electron chi connectivity index (χ2n) is 5.51. The molecule has 2 N–H and O–H groups in total. The first-order chi connectivity index (χ1) is 9.63. The molecule has 7 heteroatoms. The smallest absolute Gasteiger partial charge is 0.250 e. The second kappa shape index (κ2) is 6.36. The van der Waals surface area contributed by atoms with Gasteiger partial charge in [0.15, 0.2) is 0 Å². The monoisotopic (exact) mass is 332 g/mol. The molecule has 1 unspecified atom stereocenters. The van der Waals surface area contributed by atoms with Crippen molar-refractivity contribution in [1.29, 1.82) is 0 Å². The highest BCUT2D eigenvalue weighted by Crippen LogP contribution is 2.25. The van der Waals surface area contributed by atoms with Gasteiger partial charge < -0.3 is 5.32 Å². The van der Waals surface area contributed by atoms with Gasteiger partial charge in [0.05, 0.1) is 0 Å². The minimum atomic E-state index is -3.32. The lowest BCUT2D eigenvalue weighted by molar-refractivity contribution is 0.547. The molecular weight excluding hydrogens is 312 g/mol. The zero-order valence-corrected chi connectivity index (χ0v) is 13.7. The van der Waals surface area contributed by atoms with Crippen LogP contribution in [0.25, 0.3) is 0 Å². The number of hydrogen-bond donors (Lipinski definition) is 2. The van der Waals surface area contributed by atoms with Gasteiger partial charge in [-0.2, -0.15) is 11.8 Å². The van der Waals surface area contributed by atoms with E-state index in [9.17, 15) is 8.42 Å². The Morgan fingerprint density at radius 3 is 2.85 bits per heavy atom. The maximum Gasteiger partial charge on any atom is 0.250 e. The van der Waals surface area contributed by atoms with E-state index in [-0.39, 0.29) is 0 Å². The van der Waals surface area contributed by atoms with Gasteiger partial charge in [-0.3, -0.25) is 0 Å². The molecule has 1 aromatic rings. The summed E-state index contributed by atoms with van der Waals surface area (Å²) in [6.07, 6.45) is 3.61. The summed E-state index contributed by atoms with van der Waals surface area (Å²) >= 11 is 3.22. The average molecular weight is 333 g/mol. The Hall–Kier alpha value is -0.0800. The van der Waals surface area contributed by atoms with Crippen LogP contribution in [0.3, 0.4) is 0 Å². The number of nitrogens with one attached hydrogen (secondary N) is 2. The van der Waals surface area contributed by atoms with Crippen molar-refractivity contribution in [3.8, 4) is 0 Å². The highest BCUT2D eigenvalue weighted by molar-refractivity contribution is 7.99. The molecule has 1 aromatic heterocycles. The summed E-state index contributed by atoms with van der Waals surface area (Å²) in [6.45, 7) is 1.35. The Balaban J connectivity index is 1.55. The predicted octanol–water partition coefficient (Wildman–Crippen LogP) is 2.03. The SMILES string of the molecule is O=S(=O)(NCC1CCSC1)c1cc(CNC2CC2)cs1. The van der Waals surface area contributed by atoms with Crippen LogP contribution in [-0.4, -0.2) is 32.5 Å². The van der Waals surface area contributed by atoms with Gasteiger partial charge in [0.1, 0.15) is 4.21 Å². The quantitative estimate of drug-likeness (QED) is 0.802. The molecule has 0 bridgehead atoms. The van der Waals surface area contributed by atoms with Gasteiger partial charge in [-0.25, -0.2) is 13.1 Å². The first-order valence-electron chi connectivity index (χ1n) is 7.02. The molecular formula is C13H20N2O2S3. The minimum absolute atomic E-state index is 0.441. The summed E-state index contributed by atoms with van der Waals surface area (Å²) in [5, 5.41) is 5.34. The first-order valence-corrected chi connectivity index (χ1v) is 10.5. The van der Waals surface area contributed by atoms with Crippen molar-refractivity contribution < 1.29 is 8.42 Å². The lowest BCUT2D eigenvalue weighted by Gasteiger charge is -2.09. The Labute approximate surface area is 128 Å². The highest BCUT2D eigenvalue weighted by Gasteiger charge is 2.23. The third-order valence-corrected chi connectivity index (χ3v) is 7.80. The Morgan fingerprint density at radius 2 is 2.15 bits per heavy atom. The maximum atomic E-state index is 12.2. The fraction of sp³-hybridized carbons (Fsp3) is 0.692. The molecule has 1 atom stereocenters. The van der Waals surface area contributed by atoms with E-state index in [1.807, 2.05) is 17.1 Å². The molecule has 112 valence electrons. The van der Waals surface area contributed by atoms with Crippen LogP contribution in [0.1, 0.15) is 24.8 Å². The molecule has 2 heterocycles. The van der Waals surface area contributed by atoms with E-state index in [1.165, 1.54) is 24.2 Å². The summed E-state index contributed by atoms with van der Waals surface area (Å²) in [4.78, 5) is 0. The maximum absolute atomic E-state index is 12.2. The summed E-state index contributed by atoms with van der Waals surface area (Å²) in [6, 6.07) is 2.44. The number of hydrogen-bond acceptors (Lipinski definition) is 5. The Kier molecular flexibility index (Phi) is 4.72. The van der Waals surface area contributed by atoms with Crippen molar-refractivity contribution in [2.24, 2.45) is 5.92 Å². The minimum Gasteiger partial charge on any atom is -0.310 e. The van der Waals surface area contributed by atoms with Gasteiger partial charge in [0.2, 0.25) is 10.0 Å². The molecule has 0 aromatic carbocycles. The molecule has 0 spiro atoms. The molecule has 1 aliphatic carbocycles. The number of thiophene rings is 1. The van der Waals surface area contributed by atoms with Crippen LogP contribution in [-0.2, 0) is 16.6 Å². The van der Waals surface area contributed by atoms with Gasteiger partial charge in [-0.15, -0.1) is 11.3 Å². The van der Waals surface area contributed by atoms with E-state index < -0.39 is 10.0 Å². The normalized spacial score (nSPS) is 23.3. The van der Waals surface area contributed by atoms with Crippen molar-refractivity contribution in [3.63, 3.8) is 0 Å². The molecule has 4 nitrogen and oxygen atoms in total. The molecule has 1 saturated heterocycles. The molecule has 20 heavy (non-hydrogen) atoms. The van der Waals surface area contributed by atoms with Crippen LogP contribution in [0.4, 0.5) is 0 Å². The van der Waals surface area contributed by atoms with E-state index in [4.69, 9.17) is 0 Å². The van der Waals surface area contributed by atoms with Crippen LogP contribution < -0.4 is 10.0 Å². The summed E-state index contributed by atoms with van der Waals surface area (Å²) in [5.41, 5.74) is 1.07. The summed E-state index contributed by atoms with van der Waals surface area (Å²) < 4.78 is 27.6. The topological polar surface area (TPSA) is 58.2 Å². The van der Waals surface area contributed by atoms with Crippen LogP contribution >= 0.6 is 23.1 Å². The lowest BCUT2D eigenvalue weighted by atomic mass is 10.1. The van der Waals surface area contributed by atoms with Gasteiger partial charge in [0.25, 0.3) is 0 Å². The van der Waals surface area contributed by atoms with E-state index in [1.54, 1.807) is 6.07 Å². The molecule has 1 aliphatic heterocycles. The lowest BCUT2D eigenvalue weighted by Crippen LogP contribution is -2.28. The zero-order valence-electron chi connectivity index (χ0n) is 11.3. The summed E-state index contributed by atoms with van der Waals surface area (Å²) in [5.74, 6) is 2.72. The van der Waals surface area contributed by atoms with Crippen molar-refractivity contribution in [2.45, 2.75) is 36.1 Å². The van der Waals surface area contributed by atoms with E-state index in [2.05, 4.69) is 10.0 Å². The van der Waals surface area contributed by atoms with Gasteiger partial charge in [-0.05, 0) is 53.7 Å². The van der Waals surface area contributed by atoms with Crippen molar-refractivity contribution in [3.05, 3.63) is 17.0 Å². The van der Waals surface area contributed by atoms with Crippen LogP contribution in [0, 0.1) is 5.92 Å². The number of sulfonamides is 1. The molecule has 2 aliphatic rings. The van der Waals surface area contributed by atoms with E-state index in [0.717, 1.165) is 30.0 Å². The van der Waals surface area contributed by atoms with Crippen molar-refractivity contribution >= 4 is 33.1 Å². The predicted molar refractivity (Wildman–Crippen MR) is 84.8 cm³/mol. The van der Waals surface area contributed by atoms with Gasteiger partial charge in [0, 0.05) is 19.1 Å². The fourth-order valence-corrected chi connectivity index (χ4v) is 5.83. The van der Waals surface area contributed by atoms with Gasteiger partial charge >= 0.3 is 0 Å². The van der Waals surface area contributed by atoms with Crippen LogP contribution in [0.15, 0.2) is 15.7 Å². The summed E-state index contributed by atoms with van der Waals surface area (Å²) in [7, 11) is -3.32. The van der Waals surface area contributed by atoms with Crippen LogP contribution in [0.2, 0.25) is 0 Å². The Bertz CT molecular complexity index is 546. The molecule has 0 radical (unpaired) electrons. The largest absolute Gasteiger partial charge is 0.310 e. The molecule has 3 rings (SSSR count). The van der Waals surface area contributed by atoms with Gasteiger partial charge in [-0.1, -0.05) is 0 Å². The average Bonchev–Trinajstić information content (AvgIpc) is 2.94. The number of rotatable bonds is 7. The van der Waals surface area contributed by atoms with Crippen LogP contribution in [0.5, 0.6) is 0 Å². The molecule has 0 amide bonds. The zero-order chi connectivity index (χ0) is 14.0. The van der Waals surface area contributed by atoms with E-state index >= 15 is 0 Å². The molecule has 2 fully saturated rings. The first kappa shape index (κ1) is 14.8. The van der Waals surface area contributed by atoms with Crippen molar-refractivity contribution in [1.82, 2.24) is 10.0 Å². The highest BCUT2D eigenvalue weighted by atomic mass is 32.2. The third kappa shape index (κ3) is 3.98.